The SMILES string of the molecule is [CH2]CCCC(=O)Cc1ccccc1. The number of carbonyl (C=O) groups excluding carboxylic acids is 1. The molecule has 1 heteroatoms. The summed E-state index contributed by atoms with van der Waals surface area (Å²) in [6, 6.07) is 9.86. The fraction of sp³-hybridized carbons (Fsp3) is 0.333. The smallest absolute Gasteiger partial charge is 0.137 e. The van der Waals surface area contributed by atoms with Gasteiger partial charge in [-0.25, -0.2) is 0 Å². The molecule has 0 atom stereocenters. The first-order chi connectivity index (χ1) is 6.33. The Morgan fingerprint density at radius 1 is 1.23 bits per heavy atom. The minimum Gasteiger partial charge on any atom is -0.299 e. The Morgan fingerprint density at radius 2 is 1.92 bits per heavy atom. The van der Waals surface area contributed by atoms with Gasteiger partial charge in [0.2, 0.25) is 0 Å². The van der Waals surface area contributed by atoms with Crippen LogP contribution in [0.15, 0.2) is 30.3 Å². The van der Waals surface area contributed by atoms with E-state index in [0.29, 0.717) is 18.6 Å². The number of unbranched alkanes of at least 4 members (excludes halogenated alkanes) is 1. The lowest BCUT2D eigenvalue weighted by Gasteiger charge is -1.99. The number of benzene rings is 1. The van der Waals surface area contributed by atoms with Gasteiger partial charge in [0.05, 0.1) is 0 Å². The predicted molar refractivity (Wildman–Crippen MR) is 54.4 cm³/mol. The molecule has 0 heterocycles. The Bertz CT molecular complexity index is 251. The third kappa shape index (κ3) is 3.88. The van der Waals surface area contributed by atoms with E-state index in [2.05, 4.69) is 6.92 Å². The van der Waals surface area contributed by atoms with Crippen LogP contribution in [0.4, 0.5) is 0 Å². The second-order valence-corrected chi connectivity index (χ2v) is 3.16. The molecule has 1 aromatic carbocycles. The van der Waals surface area contributed by atoms with E-state index in [1.807, 2.05) is 30.3 Å². The van der Waals surface area contributed by atoms with E-state index >= 15 is 0 Å². The zero-order valence-electron chi connectivity index (χ0n) is 7.83. The predicted octanol–water partition coefficient (Wildman–Crippen LogP) is 2.80. The Labute approximate surface area is 79.8 Å². The van der Waals surface area contributed by atoms with Crippen LogP contribution in [0.25, 0.3) is 0 Å². The molecule has 0 aliphatic rings. The molecular weight excluding hydrogens is 160 g/mol. The first kappa shape index (κ1) is 9.97. The first-order valence-corrected chi connectivity index (χ1v) is 4.68. The highest BCUT2D eigenvalue weighted by atomic mass is 16.1. The number of ketones is 1. The molecule has 0 fully saturated rings. The van der Waals surface area contributed by atoms with Crippen molar-refractivity contribution < 1.29 is 4.79 Å². The number of hydrogen-bond donors (Lipinski definition) is 0. The maximum atomic E-state index is 11.3. The van der Waals surface area contributed by atoms with Crippen molar-refractivity contribution in [1.29, 1.82) is 0 Å². The molecule has 0 bridgehead atoms. The molecule has 0 saturated heterocycles. The highest BCUT2D eigenvalue weighted by Gasteiger charge is 2.01. The fourth-order valence-corrected chi connectivity index (χ4v) is 1.23. The molecule has 0 aromatic heterocycles. The second kappa shape index (κ2) is 5.52. The zero-order valence-corrected chi connectivity index (χ0v) is 7.83. The van der Waals surface area contributed by atoms with Gasteiger partial charge in [0.1, 0.15) is 5.78 Å². The van der Waals surface area contributed by atoms with Crippen LogP contribution in [0, 0.1) is 6.92 Å². The highest BCUT2D eigenvalue weighted by Crippen LogP contribution is 2.04. The van der Waals surface area contributed by atoms with Gasteiger partial charge in [-0.2, -0.15) is 0 Å². The molecule has 0 aliphatic carbocycles. The summed E-state index contributed by atoms with van der Waals surface area (Å²) in [6.45, 7) is 3.71. The number of hydrogen-bond acceptors (Lipinski definition) is 1. The Hall–Kier alpha value is -1.11. The van der Waals surface area contributed by atoms with Crippen molar-refractivity contribution in [2.24, 2.45) is 0 Å². The van der Waals surface area contributed by atoms with E-state index < -0.39 is 0 Å². The van der Waals surface area contributed by atoms with Crippen molar-refractivity contribution in [3.05, 3.63) is 42.8 Å². The van der Waals surface area contributed by atoms with E-state index in [4.69, 9.17) is 0 Å². The topological polar surface area (TPSA) is 17.1 Å². The van der Waals surface area contributed by atoms with Crippen LogP contribution in [0.5, 0.6) is 0 Å². The van der Waals surface area contributed by atoms with Gasteiger partial charge in [-0.3, -0.25) is 4.79 Å². The van der Waals surface area contributed by atoms with Crippen LogP contribution < -0.4 is 0 Å². The Balaban J connectivity index is 2.37. The van der Waals surface area contributed by atoms with Crippen LogP contribution in [0.1, 0.15) is 24.8 Å². The van der Waals surface area contributed by atoms with E-state index in [1.165, 1.54) is 0 Å². The molecule has 1 rings (SSSR count). The van der Waals surface area contributed by atoms with Crippen LogP contribution in [0.3, 0.4) is 0 Å². The van der Waals surface area contributed by atoms with E-state index in [0.717, 1.165) is 18.4 Å². The van der Waals surface area contributed by atoms with Crippen molar-refractivity contribution in [1.82, 2.24) is 0 Å². The minimum atomic E-state index is 0.315. The second-order valence-electron chi connectivity index (χ2n) is 3.16. The van der Waals surface area contributed by atoms with Gasteiger partial charge in [-0.05, 0) is 12.0 Å². The largest absolute Gasteiger partial charge is 0.299 e. The number of rotatable bonds is 5. The normalized spacial score (nSPS) is 9.92. The molecule has 69 valence electrons. The highest BCUT2D eigenvalue weighted by molar-refractivity contribution is 5.80. The monoisotopic (exact) mass is 175 g/mol. The molecule has 13 heavy (non-hydrogen) atoms. The summed E-state index contributed by atoms with van der Waals surface area (Å²) in [4.78, 5) is 11.3. The van der Waals surface area contributed by atoms with Crippen molar-refractivity contribution in [3.63, 3.8) is 0 Å². The van der Waals surface area contributed by atoms with E-state index in [1.54, 1.807) is 0 Å². The summed E-state index contributed by atoms with van der Waals surface area (Å²) >= 11 is 0. The molecule has 1 nitrogen and oxygen atoms in total. The van der Waals surface area contributed by atoms with Gasteiger partial charge < -0.3 is 0 Å². The molecular formula is C12H15O. The molecule has 0 spiro atoms. The molecule has 0 unspecified atom stereocenters. The minimum absolute atomic E-state index is 0.315. The third-order valence-corrected chi connectivity index (χ3v) is 1.95. The lowest BCUT2D eigenvalue weighted by molar-refractivity contribution is -0.118. The van der Waals surface area contributed by atoms with Gasteiger partial charge >= 0.3 is 0 Å². The maximum Gasteiger partial charge on any atom is 0.137 e. The quantitative estimate of drug-likeness (QED) is 0.672. The molecule has 1 radical (unpaired) electrons. The van der Waals surface area contributed by atoms with Gasteiger partial charge in [-0.15, -0.1) is 0 Å². The van der Waals surface area contributed by atoms with E-state index in [9.17, 15) is 4.79 Å². The van der Waals surface area contributed by atoms with Crippen LogP contribution >= 0.6 is 0 Å². The Kier molecular flexibility index (Phi) is 4.24. The van der Waals surface area contributed by atoms with Crippen molar-refractivity contribution >= 4 is 5.78 Å². The summed E-state index contributed by atoms with van der Waals surface area (Å²) in [7, 11) is 0. The average molecular weight is 175 g/mol. The first-order valence-electron chi connectivity index (χ1n) is 4.68. The zero-order chi connectivity index (χ0) is 9.52. The average Bonchev–Trinajstić information content (AvgIpc) is 2.16. The standard InChI is InChI=1S/C12H15O/c1-2-3-9-12(13)10-11-7-5-4-6-8-11/h4-8H,1-3,9-10H2. The van der Waals surface area contributed by atoms with Gasteiger partial charge in [0.25, 0.3) is 0 Å². The molecule has 0 saturated carbocycles. The van der Waals surface area contributed by atoms with E-state index in [-0.39, 0.29) is 0 Å². The summed E-state index contributed by atoms with van der Waals surface area (Å²) in [5, 5.41) is 0. The van der Waals surface area contributed by atoms with Crippen molar-refractivity contribution in [2.45, 2.75) is 25.7 Å². The van der Waals surface area contributed by atoms with Crippen molar-refractivity contribution in [2.75, 3.05) is 0 Å². The summed E-state index contributed by atoms with van der Waals surface area (Å²) in [5.41, 5.74) is 1.11. The lowest BCUT2D eigenvalue weighted by atomic mass is 10.1. The maximum absolute atomic E-state index is 11.3. The fourth-order valence-electron chi connectivity index (χ4n) is 1.23. The van der Waals surface area contributed by atoms with Crippen molar-refractivity contribution in [3.8, 4) is 0 Å². The molecule has 0 aliphatic heterocycles. The molecule has 1 aromatic rings. The van der Waals surface area contributed by atoms with Crippen LogP contribution in [0.2, 0.25) is 0 Å². The van der Waals surface area contributed by atoms with Gasteiger partial charge in [-0.1, -0.05) is 43.7 Å². The summed E-state index contributed by atoms with van der Waals surface area (Å²) < 4.78 is 0. The third-order valence-electron chi connectivity index (χ3n) is 1.95. The summed E-state index contributed by atoms with van der Waals surface area (Å²) in [5.74, 6) is 0.315. The molecule has 0 N–H and O–H groups in total. The van der Waals surface area contributed by atoms with Gasteiger partial charge in [0.15, 0.2) is 0 Å². The van der Waals surface area contributed by atoms with Gasteiger partial charge in [0, 0.05) is 12.8 Å². The number of Topliss-reactive ketones (excluding diaryl/α,β-unsaturated/α-hetero) is 1. The summed E-state index contributed by atoms with van der Waals surface area (Å²) in [6.07, 6.45) is 2.99. The lowest BCUT2D eigenvalue weighted by Crippen LogP contribution is -2.01. The Morgan fingerprint density at radius 3 is 2.54 bits per heavy atom. The number of carbonyl (C=O) groups is 1. The van der Waals surface area contributed by atoms with Crippen LogP contribution in [-0.2, 0) is 11.2 Å². The van der Waals surface area contributed by atoms with Crippen LogP contribution in [-0.4, -0.2) is 5.78 Å². The molecule has 0 amide bonds.